The third-order valence-corrected chi connectivity index (χ3v) is 5.68. The van der Waals surface area contributed by atoms with Gasteiger partial charge >= 0.3 is 0 Å². The predicted molar refractivity (Wildman–Crippen MR) is 118 cm³/mol. The highest BCUT2D eigenvalue weighted by atomic mass is 19.1. The van der Waals surface area contributed by atoms with Crippen LogP contribution >= 0.6 is 0 Å². The molecule has 0 fully saturated rings. The Balaban J connectivity index is 0.000000181. The van der Waals surface area contributed by atoms with Gasteiger partial charge in [0, 0.05) is 13.1 Å². The molecule has 2 aromatic carbocycles. The Morgan fingerprint density at radius 1 is 0.812 bits per heavy atom. The Kier molecular flexibility index (Phi) is 8.81. The van der Waals surface area contributed by atoms with E-state index in [9.17, 15) is 19.0 Å². The number of aliphatic hydroxyl groups is 2. The lowest BCUT2D eigenvalue weighted by Crippen LogP contribution is -2.40. The summed E-state index contributed by atoms with van der Waals surface area (Å²) in [7, 11) is 3.57. The summed E-state index contributed by atoms with van der Waals surface area (Å²) in [6.07, 6.45) is 1.48. The molecular weight excluding hydrogens is 418 g/mol. The zero-order valence-electron chi connectivity index (χ0n) is 18.5. The molecule has 176 valence electrons. The van der Waals surface area contributed by atoms with Gasteiger partial charge in [-0.15, -0.1) is 0 Å². The maximum atomic E-state index is 13.0. The predicted octanol–water partition coefficient (Wildman–Crippen LogP) is 2.20. The molecular formula is C24H32F2N2O4. The van der Waals surface area contributed by atoms with Crippen LogP contribution < -0.4 is 20.1 Å². The number of fused-ring (bicyclic) bond motifs is 2. The average Bonchev–Trinajstić information content (AvgIpc) is 2.79. The van der Waals surface area contributed by atoms with Crippen molar-refractivity contribution in [1.82, 2.24) is 10.6 Å². The molecule has 0 spiro atoms. The molecule has 2 aliphatic heterocycles. The van der Waals surface area contributed by atoms with Gasteiger partial charge in [-0.1, -0.05) is 0 Å². The van der Waals surface area contributed by atoms with Crippen LogP contribution in [0.25, 0.3) is 0 Å². The van der Waals surface area contributed by atoms with Crippen LogP contribution in [-0.4, -0.2) is 61.8 Å². The van der Waals surface area contributed by atoms with E-state index in [1.165, 1.54) is 24.3 Å². The number of likely N-dealkylation sites (N-methyl/N-ethyl adjacent to an activating group) is 2. The molecule has 2 aliphatic rings. The van der Waals surface area contributed by atoms with Crippen molar-refractivity contribution in [3.8, 4) is 11.5 Å². The van der Waals surface area contributed by atoms with Crippen LogP contribution in [0.4, 0.5) is 8.78 Å². The monoisotopic (exact) mass is 450 g/mol. The molecule has 0 bridgehead atoms. The minimum Gasteiger partial charge on any atom is -0.487 e. The molecule has 0 aliphatic carbocycles. The molecule has 0 radical (unpaired) electrons. The zero-order chi connectivity index (χ0) is 23.1. The van der Waals surface area contributed by atoms with E-state index in [1.807, 2.05) is 0 Å². The lowest BCUT2D eigenvalue weighted by molar-refractivity contribution is 0.0255. The molecule has 0 saturated carbocycles. The Hall–Kier alpha value is -2.26. The summed E-state index contributed by atoms with van der Waals surface area (Å²) in [5.41, 5.74) is 1.76. The molecule has 6 nitrogen and oxygen atoms in total. The Morgan fingerprint density at radius 2 is 1.22 bits per heavy atom. The summed E-state index contributed by atoms with van der Waals surface area (Å²) in [6, 6.07) is 9.01. The summed E-state index contributed by atoms with van der Waals surface area (Å²) in [6.45, 7) is 1.00. The van der Waals surface area contributed by atoms with Crippen LogP contribution in [0.5, 0.6) is 11.5 Å². The van der Waals surface area contributed by atoms with Crippen molar-refractivity contribution in [3.63, 3.8) is 0 Å². The smallest absolute Gasteiger partial charge is 0.126 e. The second-order valence-corrected chi connectivity index (χ2v) is 8.14. The SMILES string of the molecule is CNC[C@@H](O)[C@H]1CCc2cc(F)ccc2O1.CNC[C@H](O)[C@@H]1CCc2cc(F)ccc2O1. The van der Waals surface area contributed by atoms with Crippen LogP contribution in [0.2, 0.25) is 0 Å². The topological polar surface area (TPSA) is 83.0 Å². The van der Waals surface area contributed by atoms with Gasteiger partial charge in [-0.2, -0.15) is 0 Å². The minimum absolute atomic E-state index is 0.203. The van der Waals surface area contributed by atoms with Crippen LogP contribution in [0.15, 0.2) is 36.4 Å². The first kappa shape index (κ1) is 24.4. The first-order valence-electron chi connectivity index (χ1n) is 11.0. The highest BCUT2D eigenvalue weighted by Gasteiger charge is 2.27. The first-order valence-corrected chi connectivity index (χ1v) is 11.0. The second kappa shape index (κ2) is 11.6. The summed E-state index contributed by atoms with van der Waals surface area (Å²) >= 11 is 0. The number of halogens is 2. The highest BCUT2D eigenvalue weighted by Crippen LogP contribution is 2.30. The van der Waals surface area contributed by atoms with Gasteiger partial charge in [0.2, 0.25) is 0 Å². The van der Waals surface area contributed by atoms with Crippen molar-refractivity contribution in [2.75, 3.05) is 27.2 Å². The summed E-state index contributed by atoms with van der Waals surface area (Å²) < 4.78 is 37.2. The first-order chi connectivity index (χ1) is 15.4. The maximum absolute atomic E-state index is 13.0. The van der Waals surface area contributed by atoms with Gasteiger partial charge in [0.1, 0.15) is 47.5 Å². The number of rotatable bonds is 6. The fourth-order valence-corrected chi connectivity index (χ4v) is 3.98. The largest absolute Gasteiger partial charge is 0.487 e. The van der Waals surface area contributed by atoms with Gasteiger partial charge in [-0.05, 0) is 87.3 Å². The number of aryl methyl sites for hydroxylation is 2. The summed E-state index contributed by atoms with van der Waals surface area (Å²) in [4.78, 5) is 0. The summed E-state index contributed by atoms with van der Waals surface area (Å²) in [5.74, 6) is 0.897. The van der Waals surface area contributed by atoms with E-state index in [0.29, 0.717) is 24.6 Å². The lowest BCUT2D eigenvalue weighted by Gasteiger charge is -2.29. The average molecular weight is 451 g/mol. The van der Waals surface area contributed by atoms with Crippen LogP contribution in [0.1, 0.15) is 24.0 Å². The van der Waals surface area contributed by atoms with Gasteiger partial charge in [0.05, 0.1) is 0 Å². The molecule has 4 N–H and O–H groups in total. The Morgan fingerprint density at radius 3 is 1.59 bits per heavy atom. The molecule has 8 heteroatoms. The van der Waals surface area contributed by atoms with Crippen molar-refractivity contribution in [2.24, 2.45) is 0 Å². The van der Waals surface area contributed by atoms with Gasteiger partial charge < -0.3 is 30.3 Å². The number of hydrogen-bond acceptors (Lipinski definition) is 6. The third kappa shape index (κ3) is 6.38. The van der Waals surface area contributed by atoms with Crippen LogP contribution in [0.3, 0.4) is 0 Å². The van der Waals surface area contributed by atoms with Crippen LogP contribution in [0, 0.1) is 11.6 Å². The third-order valence-electron chi connectivity index (χ3n) is 5.68. The molecule has 32 heavy (non-hydrogen) atoms. The second-order valence-electron chi connectivity index (χ2n) is 8.14. The highest BCUT2D eigenvalue weighted by molar-refractivity contribution is 5.36. The van der Waals surface area contributed by atoms with Gasteiger partial charge in [-0.3, -0.25) is 0 Å². The van der Waals surface area contributed by atoms with Crippen molar-refractivity contribution < 1.29 is 28.5 Å². The van der Waals surface area contributed by atoms with Crippen molar-refractivity contribution in [3.05, 3.63) is 59.2 Å². The Labute approximate surface area is 187 Å². The normalized spacial score (nSPS) is 21.1. The number of benzene rings is 2. The molecule has 4 rings (SSSR count). The van der Waals surface area contributed by atoms with E-state index >= 15 is 0 Å². The van der Waals surface area contributed by atoms with Gasteiger partial charge in [-0.25, -0.2) is 8.78 Å². The molecule has 4 atom stereocenters. The van der Waals surface area contributed by atoms with E-state index < -0.39 is 12.2 Å². The van der Waals surface area contributed by atoms with E-state index in [-0.39, 0.29) is 23.8 Å². The van der Waals surface area contributed by atoms with Crippen molar-refractivity contribution >= 4 is 0 Å². The Bertz CT molecular complexity index is 812. The van der Waals surface area contributed by atoms with E-state index in [1.54, 1.807) is 26.2 Å². The molecule has 0 unspecified atom stereocenters. The van der Waals surface area contributed by atoms with Crippen LogP contribution in [-0.2, 0) is 12.8 Å². The molecule has 0 saturated heterocycles. The number of nitrogens with one attached hydrogen (secondary N) is 2. The lowest BCUT2D eigenvalue weighted by atomic mass is 9.99. The van der Waals surface area contributed by atoms with E-state index in [4.69, 9.17) is 9.47 Å². The number of ether oxygens (including phenoxy) is 2. The van der Waals surface area contributed by atoms with Gasteiger partial charge in [0.15, 0.2) is 0 Å². The van der Waals surface area contributed by atoms with Gasteiger partial charge in [0.25, 0.3) is 0 Å². The minimum atomic E-state index is -0.525. The maximum Gasteiger partial charge on any atom is 0.126 e. The quantitative estimate of drug-likeness (QED) is 0.540. The molecule has 0 amide bonds. The molecule has 2 heterocycles. The molecule has 0 aromatic heterocycles. The fourth-order valence-electron chi connectivity index (χ4n) is 3.98. The summed E-state index contributed by atoms with van der Waals surface area (Å²) in [5, 5.41) is 25.4. The van der Waals surface area contributed by atoms with E-state index in [0.717, 1.165) is 36.8 Å². The zero-order valence-corrected chi connectivity index (χ0v) is 18.5. The van der Waals surface area contributed by atoms with Crippen molar-refractivity contribution in [2.45, 2.75) is 50.1 Å². The van der Waals surface area contributed by atoms with E-state index in [2.05, 4.69) is 10.6 Å². The molecule has 2 aromatic rings. The fraction of sp³-hybridized carbons (Fsp3) is 0.500. The number of aliphatic hydroxyl groups excluding tert-OH is 2. The standard InChI is InChI=1S/2C12H16FNO2/c2*1-14-7-10(15)12-4-2-8-6-9(13)3-5-11(8)16-12/h2*3,5-6,10,12,14-15H,2,4,7H2,1H3/t2*10-,12-/m10/s1. The number of hydrogen-bond donors (Lipinski definition) is 4. The van der Waals surface area contributed by atoms with Crippen molar-refractivity contribution in [1.29, 1.82) is 0 Å².